The number of hydrogen-bond donors (Lipinski definition) is 2. The highest BCUT2D eigenvalue weighted by Crippen LogP contribution is 2.17. The Morgan fingerprint density at radius 2 is 1.63 bits per heavy atom. The first kappa shape index (κ1) is 15.7. The van der Waals surface area contributed by atoms with E-state index in [1.807, 2.05) is 6.07 Å². The van der Waals surface area contributed by atoms with E-state index < -0.39 is 0 Å². The number of anilines is 2. The van der Waals surface area contributed by atoms with Crippen molar-refractivity contribution in [3.05, 3.63) is 11.9 Å². The summed E-state index contributed by atoms with van der Waals surface area (Å²) in [6, 6.07) is 2.00. The molecule has 1 aromatic rings. The molecule has 0 radical (unpaired) electrons. The normalized spacial score (nSPS) is 11.4. The molecule has 0 spiro atoms. The van der Waals surface area contributed by atoms with Gasteiger partial charge in [-0.25, -0.2) is 9.97 Å². The summed E-state index contributed by atoms with van der Waals surface area (Å²) >= 11 is 0. The molecule has 0 aliphatic heterocycles. The highest BCUT2D eigenvalue weighted by Gasteiger charge is 2.11. The monoisotopic (exact) mass is 264 g/mol. The third kappa shape index (κ3) is 6.41. The van der Waals surface area contributed by atoms with Gasteiger partial charge in [0.25, 0.3) is 0 Å². The molecular formula is C15H28N4. The van der Waals surface area contributed by atoms with Crippen molar-refractivity contribution in [3.8, 4) is 0 Å². The van der Waals surface area contributed by atoms with Crippen molar-refractivity contribution in [1.29, 1.82) is 0 Å². The molecule has 0 amide bonds. The van der Waals surface area contributed by atoms with Crippen LogP contribution in [-0.4, -0.2) is 23.1 Å². The van der Waals surface area contributed by atoms with Gasteiger partial charge in [-0.1, -0.05) is 34.6 Å². The zero-order valence-corrected chi connectivity index (χ0v) is 13.0. The van der Waals surface area contributed by atoms with Gasteiger partial charge >= 0.3 is 0 Å². The van der Waals surface area contributed by atoms with Gasteiger partial charge in [-0.2, -0.15) is 0 Å². The van der Waals surface area contributed by atoms with E-state index in [0.29, 0.717) is 0 Å². The van der Waals surface area contributed by atoms with E-state index in [1.165, 1.54) is 0 Å². The van der Waals surface area contributed by atoms with Crippen molar-refractivity contribution in [3.63, 3.8) is 0 Å². The number of rotatable bonds is 7. The number of aromatic nitrogens is 2. The predicted octanol–water partition coefficient (Wildman–Crippen LogP) is 3.71. The Kier molecular flexibility index (Phi) is 6.06. The molecule has 0 aliphatic rings. The van der Waals surface area contributed by atoms with E-state index >= 15 is 0 Å². The summed E-state index contributed by atoms with van der Waals surface area (Å²) in [6.45, 7) is 12.8. The summed E-state index contributed by atoms with van der Waals surface area (Å²) in [5, 5.41) is 6.75. The molecule has 1 aromatic heterocycles. The number of aryl methyl sites for hydroxylation is 1. The Bertz CT molecular complexity index is 382. The first-order valence-electron chi connectivity index (χ1n) is 7.30. The fourth-order valence-corrected chi connectivity index (χ4v) is 1.62. The SMILES string of the molecule is CCCNc1cc(NCC(C)(C)C)nc(CCC)n1. The highest BCUT2D eigenvalue weighted by molar-refractivity contribution is 5.47. The minimum Gasteiger partial charge on any atom is -0.370 e. The van der Waals surface area contributed by atoms with Crippen LogP contribution in [0.5, 0.6) is 0 Å². The molecule has 0 fully saturated rings. The van der Waals surface area contributed by atoms with Gasteiger partial charge in [-0.3, -0.25) is 0 Å². The number of nitrogens with one attached hydrogen (secondary N) is 2. The molecule has 0 aromatic carbocycles. The molecule has 2 N–H and O–H groups in total. The molecule has 4 nitrogen and oxygen atoms in total. The van der Waals surface area contributed by atoms with Crippen molar-refractivity contribution in [2.24, 2.45) is 5.41 Å². The quantitative estimate of drug-likeness (QED) is 0.788. The number of nitrogens with zero attached hydrogens (tertiary/aromatic N) is 2. The number of hydrogen-bond acceptors (Lipinski definition) is 4. The summed E-state index contributed by atoms with van der Waals surface area (Å²) in [5.74, 6) is 2.77. The summed E-state index contributed by atoms with van der Waals surface area (Å²) in [7, 11) is 0. The first-order valence-corrected chi connectivity index (χ1v) is 7.30. The van der Waals surface area contributed by atoms with E-state index in [9.17, 15) is 0 Å². The lowest BCUT2D eigenvalue weighted by atomic mass is 9.97. The molecule has 0 saturated carbocycles. The van der Waals surface area contributed by atoms with Crippen LogP contribution in [0.15, 0.2) is 6.07 Å². The van der Waals surface area contributed by atoms with E-state index in [-0.39, 0.29) is 5.41 Å². The van der Waals surface area contributed by atoms with E-state index in [2.05, 4.69) is 55.2 Å². The Labute approximate surface area is 117 Å². The third-order valence-electron chi connectivity index (χ3n) is 2.60. The van der Waals surface area contributed by atoms with E-state index in [0.717, 1.165) is 49.8 Å². The van der Waals surface area contributed by atoms with Crippen LogP contribution in [0.3, 0.4) is 0 Å². The van der Waals surface area contributed by atoms with Crippen molar-refractivity contribution in [1.82, 2.24) is 9.97 Å². The van der Waals surface area contributed by atoms with Crippen molar-refractivity contribution < 1.29 is 0 Å². The molecule has 1 rings (SSSR count). The molecular weight excluding hydrogens is 236 g/mol. The fourth-order valence-electron chi connectivity index (χ4n) is 1.62. The fraction of sp³-hybridized carbons (Fsp3) is 0.733. The minimum atomic E-state index is 0.243. The smallest absolute Gasteiger partial charge is 0.133 e. The Morgan fingerprint density at radius 1 is 1.00 bits per heavy atom. The second-order valence-electron chi connectivity index (χ2n) is 6.15. The zero-order chi connectivity index (χ0) is 14.3. The van der Waals surface area contributed by atoms with Gasteiger partial charge < -0.3 is 10.6 Å². The average Bonchev–Trinajstić information content (AvgIpc) is 2.33. The van der Waals surface area contributed by atoms with Crippen LogP contribution in [0.25, 0.3) is 0 Å². The van der Waals surface area contributed by atoms with E-state index in [1.54, 1.807) is 0 Å². The highest BCUT2D eigenvalue weighted by atomic mass is 15.1. The Balaban J connectivity index is 2.79. The summed E-state index contributed by atoms with van der Waals surface area (Å²) in [4.78, 5) is 9.11. The van der Waals surface area contributed by atoms with Crippen molar-refractivity contribution in [2.75, 3.05) is 23.7 Å². The van der Waals surface area contributed by atoms with Gasteiger partial charge in [0.05, 0.1) is 0 Å². The molecule has 0 bridgehead atoms. The van der Waals surface area contributed by atoms with Gasteiger partial charge in [0, 0.05) is 25.6 Å². The molecule has 0 unspecified atom stereocenters. The van der Waals surface area contributed by atoms with Crippen LogP contribution >= 0.6 is 0 Å². The van der Waals surface area contributed by atoms with Crippen LogP contribution in [0.1, 0.15) is 53.3 Å². The largest absolute Gasteiger partial charge is 0.370 e. The van der Waals surface area contributed by atoms with Crippen LogP contribution in [0, 0.1) is 5.41 Å². The van der Waals surface area contributed by atoms with Gasteiger partial charge in [-0.05, 0) is 18.3 Å². The van der Waals surface area contributed by atoms with Crippen molar-refractivity contribution >= 4 is 11.6 Å². The lowest BCUT2D eigenvalue weighted by Gasteiger charge is -2.19. The third-order valence-corrected chi connectivity index (χ3v) is 2.60. The summed E-state index contributed by atoms with van der Waals surface area (Å²) in [6.07, 6.45) is 3.08. The Morgan fingerprint density at radius 3 is 2.16 bits per heavy atom. The molecule has 0 saturated heterocycles. The zero-order valence-electron chi connectivity index (χ0n) is 13.0. The van der Waals surface area contributed by atoms with Crippen LogP contribution in [0.2, 0.25) is 0 Å². The lowest BCUT2D eigenvalue weighted by molar-refractivity contribution is 0.442. The standard InChI is InChI=1S/C15H28N4/c1-6-8-12-18-13(16-9-7-2)10-14(19-12)17-11-15(3,4)5/h10H,6-9,11H2,1-5H3,(H2,16,17,18,19). The molecule has 1 heterocycles. The molecule has 19 heavy (non-hydrogen) atoms. The molecule has 0 atom stereocenters. The summed E-state index contributed by atoms with van der Waals surface area (Å²) < 4.78 is 0. The van der Waals surface area contributed by atoms with E-state index in [4.69, 9.17) is 0 Å². The summed E-state index contributed by atoms with van der Waals surface area (Å²) in [5.41, 5.74) is 0.243. The van der Waals surface area contributed by atoms with Crippen LogP contribution in [-0.2, 0) is 6.42 Å². The maximum Gasteiger partial charge on any atom is 0.133 e. The van der Waals surface area contributed by atoms with Gasteiger partial charge in [0.1, 0.15) is 17.5 Å². The topological polar surface area (TPSA) is 49.8 Å². The second kappa shape index (κ2) is 7.31. The maximum absolute atomic E-state index is 4.57. The van der Waals surface area contributed by atoms with Crippen molar-refractivity contribution in [2.45, 2.75) is 53.9 Å². The molecule has 0 aliphatic carbocycles. The minimum absolute atomic E-state index is 0.243. The van der Waals surface area contributed by atoms with Crippen LogP contribution in [0.4, 0.5) is 11.6 Å². The lowest BCUT2D eigenvalue weighted by Crippen LogP contribution is -2.20. The molecule has 108 valence electrons. The molecule has 4 heteroatoms. The predicted molar refractivity (Wildman–Crippen MR) is 82.8 cm³/mol. The van der Waals surface area contributed by atoms with Gasteiger partial charge in [0.15, 0.2) is 0 Å². The second-order valence-corrected chi connectivity index (χ2v) is 6.15. The maximum atomic E-state index is 4.57. The average molecular weight is 264 g/mol. The Hall–Kier alpha value is -1.32. The van der Waals surface area contributed by atoms with Crippen LogP contribution < -0.4 is 10.6 Å². The van der Waals surface area contributed by atoms with Gasteiger partial charge in [-0.15, -0.1) is 0 Å². The first-order chi connectivity index (χ1) is 8.94. The van der Waals surface area contributed by atoms with Gasteiger partial charge in [0.2, 0.25) is 0 Å².